The van der Waals surface area contributed by atoms with Crippen molar-refractivity contribution in [2.45, 2.75) is 57.4 Å². The van der Waals surface area contributed by atoms with Crippen LogP contribution in [0.5, 0.6) is 5.75 Å². The van der Waals surface area contributed by atoms with E-state index in [0.717, 1.165) is 25.7 Å². The van der Waals surface area contributed by atoms with Crippen LogP contribution in [0.3, 0.4) is 0 Å². The van der Waals surface area contributed by atoms with Gasteiger partial charge >= 0.3 is 5.97 Å². The third kappa shape index (κ3) is 7.69. The highest BCUT2D eigenvalue weighted by molar-refractivity contribution is 5.95. The third-order valence-corrected chi connectivity index (χ3v) is 4.79. The first kappa shape index (κ1) is 23.1. The Hall–Kier alpha value is -3.17. The Bertz CT molecular complexity index is 776. The van der Waals surface area contributed by atoms with Gasteiger partial charge in [-0.15, -0.1) is 0 Å². The fourth-order valence-corrected chi connectivity index (χ4v) is 3.25. The van der Waals surface area contributed by atoms with Crippen LogP contribution in [0.25, 0.3) is 0 Å². The predicted octanol–water partition coefficient (Wildman–Crippen LogP) is 2.70. The Morgan fingerprint density at radius 1 is 1.13 bits per heavy atom. The average Bonchev–Trinajstić information content (AvgIpc) is 2.72. The van der Waals surface area contributed by atoms with Crippen LogP contribution in [0.2, 0.25) is 0 Å². The lowest BCUT2D eigenvalue weighted by Crippen LogP contribution is -2.36. The van der Waals surface area contributed by atoms with Crippen LogP contribution >= 0.6 is 0 Å². The number of ether oxygens (including phenoxy) is 2. The van der Waals surface area contributed by atoms with E-state index in [1.807, 2.05) is 0 Å². The zero-order chi connectivity index (χ0) is 21.9. The molecule has 10 heteroatoms. The molecule has 1 aliphatic carbocycles. The Morgan fingerprint density at radius 2 is 1.87 bits per heavy atom. The molecule has 1 aromatic rings. The second-order valence-corrected chi connectivity index (χ2v) is 7.11. The molecule has 2 N–H and O–H groups in total. The Kier molecular flexibility index (Phi) is 9.04. The lowest BCUT2D eigenvalue weighted by Gasteiger charge is -2.22. The maximum atomic E-state index is 12.0. The second kappa shape index (κ2) is 11.7. The molecule has 1 aromatic carbocycles. The van der Waals surface area contributed by atoms with Gasteiger partial charge in [0.25, 0.3) is 11.6 Å². The third-order valence-electron chi connectivity index (χ3n) is 4.79. The summed E-state index contributed by atoms with van der Waals surface area (Å²) in [6.07, 6.45) is 5.98. The van der Waals surface area contributed by atoms with E-state index in [0.29, 0.717) is 12.2 Å². The maximum absolute atomic E-state index is 12.0. The van der Waals surface area contributed by atoms with Gasteiger partial charge in [0.1, 0.15) is 11.4 Å². The molecule has 30 heavy (non-hydrogen) atoms. The molecule has 0 unspecified atom stereocenters. The number of carbonyl (C=O) groups is 3. The van der Waals surface area contributed by atoms with E-state index in [1.165, 1.54) is 31.7 Å². The monoisotopic (exact) mass is 421 g/mol. The fraction of sp³-hybridized carbons (Fsp3) is 0.550. The van der Waals surface area contributed by atoms with Crippen LogP contribution in [0.4, 0.5) is 11.4 Å². The van der Waals surface area contributed by atoms with Gasteiger partial charge in [0, 0.05) is 31.0 Å². The summed E-state index contributed by atoms with van der Waals surface area (Å²) in [5, 5.41) is 16.4. The quantitative estimate of drug-likeness (QED) is 0.337. The molecule has 0 saturated heterocycles. The molecule has 0 heterocycles. The summed E-state index contributed by atoms with van der Waals surface area (Å²) >= 11 is 0. The van der Waals surface area contributed by atoms with Crippen molar-refractivity contribution in [1.29, 1.82) is 0 Å². The highest BCUT2D eigenvalue weighted by Crippen LogP contribution is 2.28. The van der Waals surface area contributed by atoms with Gasteiger partial charge in [0.2, 0.25) is 5.91 Å². The molecule has 0 aliphatic heterocycles. The lowest BCUT2D eigenvalue weighted by molar-refractivity contribution is -0.383. The number of nitrogens with one attached hydrogen (secondary N) is 2. The lowest BCUT2D eigenvalue weighted by atomic mass is 9.95. The van der Waals surface area contributed by atoms with Gasteiger partial charge in [-0.25, -0.2) is 0 Å². The molecule has 0 atom stereocenters. The SMILES string of the molecule is COc1ccc([N+](=O)[O-])c(NC(=O)COC(=O)CCCC(=O)NC2CCCCC2)c1. The molecule has 2 rings (SSSR count). The van der Waals surface area contributed by atoms with Crippen LogP contribution in [0.15, 0.2) is 18.2 Å². The van der Waals surface area contributed by atoms with Gasteiger partial charge in [0.05, 0.1) is 12.0 Å². The van der Waals surface area contributed by atoms with Gasteiger partial charge < -0.3 is 20.1 Å². The van der Waals surface area contributed by atoms with E-state index in [9.17, 15) is 24.5 Å². The number of hydrogen-bond donors (Lipinski definition) is 2. The number of hydrogen-bond acceptors (Lipinski definition) is 7. The molecule has 10 nitrogen and oxygen atoms in total. The molecule has 2 amide bonds. The van der Waals surface area contributed by atoms with Crippen molar-refractivity contribution in [2.24, 2.45) is 0 Å². The summed E-state index contributed by atoms with van der Waals surface area (Å²) in [5.41, 5.74) is -0.362. The van der Waals surface area contributed by atoms with Gasteiger partial charge in [-0.3, -0.25) is 24.5 Å². The molecule has 1 aliphatic rings. The molecule has 0 aromatic heterocycles. The number of anilines is 1. The summed E-state index contributed by atoms with van der Waals surface area (Å²) in [5.74, 6) is -1.08. The molecular formula is C20H27N3O7. The van der Waals surface area contributed by atoms with Crippen molar-refractivity contribution in [3.63, 3.8) is 0 Å². The maximum Gasteiger partial charge on any atom is 0.306 e. The first-order valence-electron chi connectivity index (χ1n) is 9.96. The van der Waals surface area contributed by atoms with Crippen molar-refractivity contribution in [3.05, 3.63) is 28.3 Å². The molecule has 0 radical (unpaired) electrons. The van der Waals surface area contributed by atoms with Gasteiger partial charge in [0.15, 0.2) is 6.61 Å². The van der Waals surface area contributed by atoms with Crippen molar-refractivity contribution in [1.82, 2.24) is 5.32 Å². The predicted molar refractivity (Wildman–Crippen MR) is 108 cm³/mol. The second-order valence-electron chi connectivity index (χ2n) is 7.11. The van der Waals surface area contributed by atoms with E-state index >= 15 is 0 Å². The van der Waals surface area contributed by atoms with Gasteiger partial charge in [-0.1, -0.05) is 19.3 Å². The minimum absolute atomic E-state index is 0.00464. The first-order valence-corrected chi connectivity index (χ1v) is 9.96. The fourth-order valence-electron chi connectivity index (χ4n) is 3.25. The number of nitrogens with zero attached hydrogens (tertiary/aromatic N) is 1. The smallest absolute Gasteiger partial charge is 0.306 e. The minimum atomic E-state index is -0.713. The van der Waals surface area contributed by atoms with E-state index in [-0.39, 0.29) is 36.2 Å². The number of carbonyl (C=O) groups excluding carboxylic acids is 3. The summed E-state index contributed by atoms with van der Waals surface area (Å²) in [4.78, 5) is 46.1. The molecular weight excluding hydrogens is 394 g/mol. The number of methoxy groups -OCH3 is 1. The molecule has 164 valence electrons. The van der Waals surface area contributed by atoms with E-state index in [1.54, 1.807) is 0 Å². The van der Waals surface area contributed by atoms with Crippen LogP contribution in [0, 0.1) is 10.1 Å². The van der Waals surface area contributed by atoms with E-state index in [2.05, 4.69) is 10.6 Å². The van der Waals surface area contributed by atoms with Gasteiger partial charge in [-0.05, 0) is 25.3 Å². The standard InChI is InChI=1S/C20H27N3O7/c1-29-15-10-11-17(23(27)28)16(12-15)22-19(25)13-30-20(26)9-5-8-18(24)21-14-6-3-2-4-7-14/h10-12,14H,2-9,13H2,1H3,(H,21,24)(H,22,25). The van der Waals surface area contributed by atoms with Crippen LogP contribution in [-0.2, 0) is 19.1 Å². The Balaban J connectivity index is 1.70. The number of benzene rings is 1. The van der Waals surface area contributed by atoms with E-state index in [4.69, 9.17) is 9.47 Å². The molecule has 1 fully saturated rings. The van der Waals surface area contributed by atoms with Crippen molar-refractivity contribution in [3.8, 4) is 5.75 Å². The minimum Gasteiger partial charge on any atom is -0.497 e. The molecule has 0 spiro atoms. The highest BCUT2D eigenvalue weighted by Gasteiger charge is 2.18. The summed E-state index contributed by atoms with van der Waals surface area (Å²) in [6, 6.07) is 4.14. The molecule has 0 bridgehead atoms. The first-order chi connectivity index (χ1) is 14.4. The topological polar surface area (TPSA) is 137 Å². The number of esters is 1. The number of nitro benzene ring substituents is 1. The van der Waals surface area contributed by atoms with Crippen molar-refractivity contribution in [2.75, 3.05) is 19.0 Å². The highest BCUT2D eigenvalue weighted by atomic mass is 16.6. The van der Waals surface area contributed by atoms with Crippen LogP contribution < -0.4 is 15.4 Å². The summed E-state index contributed by atoms with van der Waals surface area (Å²) in [6.45, 7) is -0.582. The average molecular weight is 421 g/mol. The van der Waals surface area contributed by atoms with Crippen LogP contribution in [0.1, 0.15) is 51.4 Å². The number of nitro groups is 1. The largest absolute Gasteiger partial charge is 0.497 e. The van der Waals surface area contributed by atoms with Crippen molar-refractivity contribution >= 4 is 29.2 Å². The van der Waals surface area contributed by atoms with Crippen molar-refractivity contribution < 1.29 is 28.8 Å². The molecule has 1 saturated carbocycles. The normalized spacial score (nSPS) is 13.9. The summed E-state index contributed by atoms with van der Waals surface area (Å²) in [7, 11) is 1.39. The number of rotatable bonds is 10. The Labute approximate surface area is 174 Å². The Morgan fingerprint density at radius 3 is 2.53 bits per heavy atom. The van der Waals surface area contributed by atoms with Gasteiger partial charge in [-0.2, -0.15) is 0 Å². The zero-order valence-corrected chi connectivity index (χ0v) is 17.0. The van der Waals surface area contributed by atoms with Crippen LogP contribution in [-0.4, -0.2) is 42.5 Å². The number of amides is 2. The zero-order valence-electron chi connectivity index (χ0n) is 17.0. The van der Waals surface area contributed by atoms with E-state index < -0.39 is 23.4 Å². The summed E-state index contributed by atoms with van der Waals surface area (Å²) < 4.78 is 9.87.